The molecule has 0 aliphatic heterocycles. The normalized spacial score (nSPS) is 13.1. The van der Waals surface area contributed by atoms with Crippen LogP contribution in [0.25, 0.3) is 11.1 Å². The Morgan fingerprint density at radius 2 is 0.763 bits per heavy atom. The molecule has 8 nitrogen and oxygen atoms in total. The smallest absolute Gasteiger partial charge is 0.240 e. The highest BCUT2D eigenvalue weighted by Crippen LogP contribution is 2.23. The van der Waals surface area contributed by atoms with Gasteiger partial charge in [-0.1, -0.05) is 24.3 Å². The average Bonchev–Trinajstić information content (AvgIpc) is 2.94. The minimum atomic E-state index is -3.61. The molecule has 0 spiro atoms. The van der Waals surface area contributed by atoms with Crippen LogP contribution >= 0.6 is 0 Å². The molecule has 0 aromatic heterocycles. The van der Waals surface area contributed by atoms with Crippen LogP contribution in [0.1, 0.15) is 41.5 Å². The maximum absolute atomic E-state index is 12.8. The molecule has 0 atom stereocenters. The third-order valence-electron chi connectivity index (χ3n) is 8.44. The third-order valence-corrected chi connectivity index (χ3v) is 11.4. The number of benzene rings is 2. The van der Waals surface area contributed by atoms with Crippen molar-refractivity contribution in [2.75, 3.05) is 65.4 Å². The fraction of sp³-hybridized carbons (Fsp3) is 0.571. The van der Waals surface area contributed by atoms with Gasteiger partial charge in [0, 0.05) is 0 Å². The lowest BCUT2D eigenvalue weighted by Gasteiger charge is -2.35. The third kappa shape index (κ3) is 8.09. The van der Waals surface area contributed by atoms with Crippen LogP contribution in [0.4, 0.5) is 0 Å². The molecule has 10 heteroatoms. The van der Waals surface area contributed by atoms with Gasteiger partial charge in [0.05, 0.1) is 75.2 Å². The molecular weight excluding hydrogens is 520 g/mol. The average molecular weight is 569 g/mol. The summed E-state index contributed by atoms with van der Waals surface area (Å²) >= 11 is 0. The van der Waals surface area contributed by atoms with E-state index in [1.165, 1.54) is 0 Å². The van der Waals surface area contributed by atoms with Crippen LogP contribution < -0.4 is 9.44 Å². The highest BCUT2D eigenvalue weighted by molar-refractivity contribution is 7.89. The topological polar surface area (TPSA) is 92.3 Å². The van der Waals surface area contributed by atoms with E-state index < -0.39 is 20.0 Å². The van der Waals surface area contributed by atoms with E-state index in [4.69, 9.17) is 0 Å². The summed E-state index contributed by atoms with van der Waals surface area (Å²) in [7, 11) is -7.21. The molecule has 2 aromatic carbocycles. The standard InChI is InChI=1S/C28H48N4O4S2/c1-7-31(8-2,9-3)23-21-29-37(33,34)27-17-13-25(14-18-27)26-15-19-28(20-16-26)38(35,36)30-22-24-32(10-4,11-5)12-6/h13-20,29-30H,7-12,21-24H2,1-6H3/q+2. The summed E-state index contributed by atoms with van der Waals surface area (Å²) in [6, 6.07) is 13.3. The first-order chi connectivity index (χ1) is 18.0. The first-order valence-electron chi connectivity index (χ1n) is 13.9. The number of nitrogens with one attached hydrogen (secondary N) is 2. The van der Waals surface area contributed by atoms with Gasteiger partial charge in [-0.3, -0.25) is 0 Å². The van der Waals surface area contributed by atoms with Gasteiger partial charge in [0.15, 0.2) is 0 Å². The first kappa shape index (κ1) is 32.4. The molecule has 0 fully saturated rings. The second kappa shape index (κ2) is 14.0. The molecule has 0 aliphatic carbocycles. The fourth-order valence-electron chi connectivity index (χ4n) is 4.94. The zero-order chi connectivity index (χ0) is 28.5. The van der Waals surface area contributed by atoms with E-state index in [0.717, 1.165) is 72.5 Å². The van der Waals surface area contributed by atoms with Gasteiger partial charge in [-0.2, -0.15) is 0 Å². The SMILES string of the molecule is CC[N+](CC)(CC)CCNS(=O)(=O)c1ccc(-c2ccc(S(=O)(=O)NCC[N+](CC)(CC)CC)cc2)cc1. The van der Waals surface area contributed by atoms with Gasteiger partial charge in [0.2, 0.25) is 20.0 Å². The maximum atomic E-state index is 12.8. The Labute approximate surface area is 231 Å². The number of nitrogens with zero attached hydrogens (tertiary/aromatic N) is 2. The molecule has 2 aromatic rings. The minimum Gasteiger partial charge on any atom is -0.323 e. The fourth-order valence-corrected chi connectivity index (χ4v) is 6.99. The van der Waals surface area contributed by atoms with Gasteiger partial charge >= 0.3 is 0 Å². The summed E-state index contributed by atoms with van der Waals surface area (Å²) in [4.78, 5) is 0.431. The largest absolute Gasteiger partial charge is 0.323 e. The van der Waals surface area contributed by atoms with Gasteiger partial charge in [-0.15, -0.1) is 0 Å². The van der Waals surface area contributed by atoms with E-state index in [2.05, 4.69) is 51.0 Å². The van der Waals surface area contributed by atoms with Crippen molar-refractivity contribution in [1.82, 2.24) is 9.44 Å². The van der Waals surface area contributed by atoms with Crippen LogP contribution in [0.15, 0.2) is 58.3 Å². The summed E-state index contributed by atoms with van der Waals surface area (Å²) in [5, 5.41) is 0. The Kier molecular flexibility index (Phi) is 11.9. The Hall–Kier alpha value is -1.82. The number of hydrogen-bond acceptors (Lipinski definition) is 4. The number of hydrogen-bond donors (Lipinski definition) is 2. The minimum absolute atomic E-state index is 0.216. The number of sulfonamides is 2. The van der Waals surface area contributed by atoms with Crippen LogP contribution in [-0.4, -0.2) is 91.2 Å². The maximum Gasteiger partial charge on any atom is 0.240 e. The van der Waals surface area contributed by atoms with Crippen LogP contribution in [0.2, 0.25) is 0 Å². The van der Waals surface area contributed by atoms with Crippen molar-refractivity contribution in [3.8, 4) is 11.1 Å². The van der Waals surface area contributed by atoms with E-state index in [9.17, 15) is 16.8 Å². The molecule has 0 unspecified atom stereocenters. The number of quaternary nitrogens is 2. The lowest BCUT2D eigenvalue weighted by atomic mass is 10.1. The Bertz CT molecular complexity index is 1090. The molecule has 0 heterocycles. The van der Waals surface area contributed by atoms with Crippen LogP contribution in [0, 0.1) is 0 Å². The quantitative estimate of drug-likeness (QED) is 0.285. The lowest BCUT2D eigenvalue weighted by molar-refractivity contribution is -0.922. The summed E-state index contributed by atoms with van der Waals surface area (Å²) in [6.45, 7) is 20.9. The summed E-state index contributed by atoms with van der Waals surface area (Å²) < 4.78 is 58.4. The molecule has 2 rings (SSSR count). The van der Waals surface area contributed by atoms with Gasteiger partial charge in [0.1, 0.15) is 0 Å². The van der Waals surface area contributed by atoms with Gasteiger partial charge in [0.25, 0.3) is 0 Å². The van der Waals surface area contributed by atoms with Gasteiger partial charge in [-0.05, 0) is 76.9 Å². The van der Waals surface area contributed by atoms with Crippen LogP contribution in [-0.2, 0) is 20.0 Å². The zero-order valence-corrected chi connectivity index (χ0v) is 25.7. The van der Waals surface area contributed by atoms with E-state index >= 15 is 0 Å². The van der Waals surface area contributed by atoms with E-state index in [0.29, 0.717) is 13.1 Å². The van der Waals surface area contributed by atoms with E-state index in [-0.39, 0.29) is 9.79 Å². The molecule has 38 heavy (non-hydrogen) atoms. The van der Waals surface area contributed by atoms with Crippen molar-refractivity contribution >= 4 is 20.0 Å². The zero-order valence-electron chi connectivity index (χ0n) is 24.0. The van der Waals surface area contributed by atoms with Crippen molar-refractivity contribution < 1.29 is 25.8 Å². The molecule has 0 bridgehead atoms. The first-order valence-corrected chi connectivity index (χ1v) is 16.8. The van der Waals surface area contributed by atoms with Crippen molar-refractivity contribution in [1.29, 1.82) is 0 Å². The summed E-state index contributed by atoms with van der Waals surface area (Å²) in [5.74, 6) is 0. The molecule has 214 valence electrons. The van der Waals surface area contributed by atoms with Crippen molar-refractivity contribution in [3.05, 3.63) is 48.5 Å². The van der Waals surface area contributed by atoms with Gasteiger partial charge in [-0.25, -0.2) is 26.3 Å². The van der Waals surface area contributed by atoms with E-state index in [1.807, 2.05) is 0 Å². The Balaban J connectivity index is 2.05. The predicted molar refractivity (Wildman–Crippen MR) is 156 cm³/mol. The molecule has 0 saturated carbocycles. The van der Waals surface area contributed by atoms with Crippen LogP contribution in [0.3, 0.4) is 0 Å². The highest BCUT2D eigenvalue weighted by atomic mass is 32.2. The molecule has 0 amide bonds. The molecule has 0 aliphatic rings. The lowest BCUT2D eigenvalue weighted by Crippen LogP contribution is -2.51. The summed E-state index contributed by atoms with van der Waals surface area (Å²) in [5.41, 5.74) is 1.63. The molecule has 2 N–H and O–H groups in total. The monoisotopic (exact) mass is 568 g/mol. The van der Waals surface area contributed by atoms with Crippen molar-refractivity contribution in [2.45, 2.75) is 51.3 Å². The van der Waals surface area contributed by atoms with Gasteiger partial charge < -0.3 is 8.97 Å². The van der Waals surface area contributed by atoms with Crippen LogP contribution in [0.5, 0.6) is 0 Å². The van der Waals surface area contributed by atoms with Crippen molar-refractivity contribution in [2.24, 2.45) is 0 Å². The Morgan fingerprint density at radius 3 is 1.00 bits per heavy atom. The molecule has 0 saturated heterocycles. The summed E-state index contributed by atoms with van der Waals surface area (Å²) in [6.07, 6.45) is 0. The second-order valence-electron chi connectivity index (χ2n) is 9.87. The highest BCUT2D eigenvalue weighted by Gasteiger charge is 2.23. The molecular formula is C28H48N4O4S2+2. The predicted octanol–water partition coefficient (Wildman–Crippen LogP) is 3.66. The number of likely N-dealkylation sites (N-methyl/N-ethyl adjacent to an activating group) is 2. The Morgan fingerprint density at radius 1 is 0.500 bits per heavy atom. The number of rotatable bonds is 17. The van der Waals surface area contributed by atoms with Crippen molar-refractivity contribution in [3.63, 3.8) is 0 Å². The van der Waals surface area contributed by atoms with E-state index in [1.54, 1.807) is 48.5 Å². The molecule has 0 radical (unpaired) electrons. The second-order valence-corrected chi connectivity index (χ2v) is 13.4.